The maximum Gasteiger partial charge on any atom is 0.220 e. The first-order chi connectivity index (χ1) is 7.22. The second kappa shape index (κ2) is 6.33. The van der Waals surface area contributed by atoms with Gasteiger partial charge in [-0.15, -0.1) is 11.6 Å². The molecule has 0 unspecified atom stereocenters. The molecule has 4 heteroatoms. The average molecular weight is 234 g/mol. The quantitative estimate of drug-likeness (QED) is 0.543. The SMILES string of the molecule is O=C(CCCCCl)NC1(CO)CCCC1. The Hall–Kier alpha value is -0.280. The largest absolute Gasteiger partial charge is 0.394 e. The van der Waals surface area contributed by atoms with Gasteiger partial charge in [0.05, 0.1) is 12.1 Å². The molecule has 15 heavy (non-hydrogen) atoms. The molecule has 1 rings (SSSR count). The lowest BCUT2D eigenvalue weighted by Gasteiger charge is -2.27. The first-order valence-electron chi connectivity index (χ1n) is 5.70. The number of alkyl halides is 1. The summed E-state index contributed by atoms with van der Waals surface area (Å²) < 4.78 is 0. The normalized spacial score (nSPS) is 19.1. The fourth-order valence-corrected chi connectivity index (χ4v) is 2.30. The van der Waals surface area contributed by atoms with Gasteiger partial charge < -0.3 is 10.4 Å². The number of carbonyl (C=O) groups is 1. The number of rotatable bonds is 6. The van der Waals surface area contributed by atoms with Crippen LogP contribution in [0.4, 0.5) is 0 Å². The smallest absolute Gasteiger partial charge is 0.220 e. The van der Waals surface area contributed by atoms with Crippen LogP contribution in [-0.4, -0.2) is 29.0 Å². The van der Waals surface area contributed by atoms with Crippen molar-refractivity contribution >= 4 is 17.5 Å². The zero-order chi connectivity index (χ0) is 11.1. The third kappa shape index (κ3) is 3.99. The van der Waals surface area contributed by atoms with Gasteiger partial charge in [-0.3, -0.25) is 4.79 Å². The molecule has 0 radical (unpaired) electrons. The zero-order valence-electron chi connectivity index (χ0n) is 9.10. The molecule has 2 N–H and O–H groups in total. The van der Waals surface area contributed by atoms with Gasteiger partial charge in [-0.25, -0.2) is 0 Å². The number of aliphatic hydroxyl groups is 1. The number of nitrogens with one attached hydrogen (secondary N) is 1. The van der Waals surface area contributed by atoms with Gasteiger partial charge in [0, 0.05) is 12.3 Å². The van der Waals surface area contributed by atoms with Crippen molar-refractivity contribution in [1.82, 2.24) is 5.32 Å². The number of hydrogen-bond acceptors (Lipinski definition) is 2. The van der Waals surface area contributed by atoms with Crippen LogP contribution in [0.1, 0.15) is 44.9 Å². The van der Waals surface area contributed by atoms with Crippen LogP contribution < -0.4 is 5.32 Å². The minimum absolute atomic E-state index is 0.0519. The minimum atomic E-state index is -0.321. The Labute approximate surface area is 96.2 Å². The zero-order valence-corrected chi connectivity index (χ0v) is 9.85. The predicted molar refractivity (Wildman–Crippen MR) is 61.0 cm³/mol. The Balaban J connectivity index is 2.28. The molecule has 88 valence electrons. The van der Waals surface area contributed by atoms with Crippen molar-refractivity contribution in [3.63, 3.8) is 0 Å². The Morgan fingerprint density at radius 3 is 2.53 bits per heavy atom. The molecule has 0 aromatic carbocycles. The van der Waals surface area contributed by atoms with Crippen molar-refractivity contribution in [3.8, 4) is 0 Å². The summed E-state index contributed by atoms with van der Waals surface area (Å²) in [6, 6.07) is 0. The van der Waals surface area contributed by atoms with Crippen molar-refractivity contribution in [2.75, 3.05) is 12.5 Å². The number of aliphatic hydroxyl groups excluding tert-OH is 1. The van der Waals surface area contributed by atoms with Crippen molar-refractivity contribution < 1.29 is 9.90 Å². The number of halogens is 1. The molecule has 0 aromatic rings. The molecule has 0 bridgehead atoms. The van der Waals surface area contributed by atoms with Crippen LogP contribution in [-0.2, 0) is 4.79 Å². The van der Waals surface area contributed by atoms with E-state index < -0.39 is 0 Å². The van der Waals surface area contributed by atoms with E-state index in [2.05, 4.69) is 5.32 Å². The molecule has 1 saturated carbocycles. The van der Waals surface area contributed by atoms with E-state index in [1.54, 1.807) is 0 Å². The van der Waals surface area contributed by atoms with Crippen LogP contribution in [0.3, 0.4) is 0 Å². The second-order valence-electron chi connectivity index (χ2n) is 4.34. The lowest BCUT2D eigenvalue weighted by atomic mass is 9.98. The van der Waals surface area contributed by atoms with Gasteiger partial charge in [0.2, 0.25) is 5.91 Å². The van der Waals surface area contributed by atoms with Gasteiger partial charge in [-0.05, 0) is 25.7 Å². The highest BCUT2D eigenvalue weighted by Crippen LogP contribution is 2.29. The molecule has 0 saturated heterocycles. The summed E-state index contributed by atoms with van der Waals surface area (Å²) >= 11 is 5.54. The summed E-state index contributed by atoms with van der Waals surface area (Å²) in [6.07, 6.45) is 6.24. The Morgan fingerprint density at radius 1 is 1.33 bits per heavy atom. The molecule has 3 nitrogen and oxygen atoms in total. The van der Waals surface area contributed by atoms with Crippen LogP contribution in [0, 0.1) is 0 Å². The van der Waals surface area contributed by atoms with Crippen LogP contribution >= 0.6 is 11.6 Å². The van der Waals surface area contributed by atoms with E-state index in [0.717, 1.165) is 38.5 Å². The standard InChI is InChI=1S/C11H20ClNO2/c12-8-4-1-5-10(15)13-11(9-14)6-2-3-7-11/h14H,1-9H2,(H,13,15). The Morgan fingerprint density at radius 2 is 2.00 bits per heavy atom. The third-order valence-electron chi connectivity index (χ3n) is 3.06. The van der Waals surface area contributed by atoms with E-state index in [-0.39, 0.29) is 18.1 Å². The highest BCUT2D eigenvalue weighted by Gasteiger charge is 2.34. The minimum Gasteiger partial charge on any atom is -0.394 e. The van der Waals surface area contributed by atoms with Gasteiger partial charge in [0.25, 0.3) is 0 Å². The number of unbranched alkanes of at least 4 members (excludes halogenated alkanes) is 1. The van der Waals surface area contributed by atoms with E-state index in [1.807, 2.05) is 0 Å². The second-order valence-corrected chi connectivity index (χ2v) is 4.72. The molecular weight excluding hydrogens is 214 g/mol. The van der Waals surface area contributed by atoms with E-state index in [0.29, 0.717) is 12.3 Å². The van der Waals surface area contributed by atoms with Gasteiger partial charge >= 0.3 is 0 Å². The van der Waals surface area contributed by atoms with Crippen LogP contribution in [0.15, 0.2) is 0 Å². The van der Waals surface area contributed by atoms with Crippen molar-refractivity contribution in [3.05, 3.63) is 0 Å². The molecule has 0 aliphatic heterocycles. The lowest BCUT2D eigenvalue weighted by Crippen LogP contribution is -2.49. The highest BCUT2D eigenvalue weighted by molar-refractivity contribution is 6.17. The van der Waals surface area contributed by atoms with E-state index in [1.165, 1.54) is 0 Å². The van der Waals surface area contributed by atoms with Crippen molar-refractivity contribution in [2.24, 2.45) is 0 Å². The monoisotopic (exact) mass is 233 g/mol. The van der Waals surface area contributed by atoms with Crippen molar-refractivity contribution in [1.29, 1.82) is 0 Å². The maximum absolute atomic E-state index is 11.6. The summed E-state index contributed by atoms with van der Waals surface area (Å²) in [5.74, 6) is 0.661. The predicted octanol–water partition coefficient (Wildman–Crippen LogP) is 1.82. The molecule has 1 aliphatic rings. The molecule has 1 amide bonds. The fraction of sp³-hybridized carbons (Fsp3) is 0.909. The summed E-state index contributed by atoms with van der Waals surface area (Å²) in [5.41, 5.74) is -0.321. The fourth-order valence-electron chi connectivity index (χ4n) is 2.11. The summed E-state index contributed by atoms with van der Waals surface area (Å²) in [7, 11) is 0. The van der Waals surface area contributed by atoms with E-state index in [9.17, 15) is 9.90 Å². The maximum atomic E-state index is 11.6. The highest BCUT2D eigenvalue weighted by atomic mass is 35.5. The first kappa shape index (κ1) is 12.8. The number of hydrogen-bond donors (Lipinski definition) is 2. The van der Waals surface area contributed by atoms with Gasteiger partial charge in [0.1, 0.15) is 0 Å². The third-order valence-corrected chi connectivity index (χ3v) is 3.32. The van der Waals surface area contributed by atoms with E-state index in [4.69, 9.17) is 11.6 Å². The molecular formula is C11H20ClNO2. The first-order valence-corrected chi connectivity index (χ1v) is 6.24. The van der Waals surface area contributed by atoms with E-state index >= 15 is 0 Å². The lowest BCUT2D eigenvalue weighted by molar-refractivity contribution is -0.123. The van der Waals surface area contributed by atoms with Crippen molar-refractivity contribution in [2.45, 2.75) is 50.5 Å². The van der Waals surface area contributed by atoms with Crippen LogP contribution in [0.25, 0.3) is 0 Å². The van der Waals surface area contributed by atoms with Crippen LogP contribution in [0.5, 0.6) is 0 Å². The molecule has 0 aromatic heterocycles. The number of carbonyl (C=O) groups excluding carboxylic acids is 1. The van der Waals surface area contributed by atoms with Crippen LogP contribution in [0.2, 0.25) is 0 Å². The molecule has 0 atom stereocenters. The van der Waals surface area contributed by atoms with Gasteiger partial charge in [-0.1, -0.05) is 12.8 Å². The summed E-state index contributed by atoms with van der Waals surface area (Å²) in [5, 5.41) is 12.3. The summed E-state index contributed by atoms with van der Waals surface area (Å²) in [6.45, 7) is 0.0637. The molecule has 1 aliphatic carbocycles. The summed E-state index contributed by atoms with van der Waals surface area (Å²) in [4.78, 5) is 11.6. The van der Waals surface area contributed by atoms with Gasteiger partial charge in [0.15, 0.2) is 0 Å². The Kier molecular flexibility index (Phi) is 5.40. The number of amides is 1. The topological polar surface area (TPSA) is 49.3 Å². The van der Waals surface area contributed by atoms with Gasteiger partial charge in [-0.2, -0.15) is 0 Å². The molecule has 1 fully saturated rings. The molecule has 0 spiro atoms. The molecule has 0 heterocycles. The Bertz CT molecular complexity index is 203. The average Bonchev–Trinajstić information content (AvgIpc) is 2.67.